The van der Waals surface area contributed by atoms with Crippen LogP contribution in [0.5, 0.6) is 0 Å². The predicted molar refractivity (Wildman–Crippen MR) is 60.5 cm³/mol. The van der Waals surface area contributed by atoms with E-state index in [0.29, 0.717) is 31.5 Å². The summed E-state index contributed by atoms with van der Waals surface area (Å²) in [6.07, 6.45) is 0.776. The van der Waals surface area contributed by atoms with Crippen LogP contribution in [-0.4, -0.2) is 37.3 Å². The molecular formula is C12H21F3N2. The van der Waals surface area contributed by atoms with Crippen LogP contribution in [0.1, 0.15) is 25.7 Å². The van der Waals surface area contributed by atoms with Crippen molar-refractivity contribution in [2.24, 2.45) is 23.5 Å². The van der Waals surface area contributed by atoms with Crippen LogP contribution < -0.4 is 5.73 Å². The van der Waals surface area contributed by atoms with Gasteiger partial charge in [-0.1, -0.05) is 6.42 Å². The summed E-state index contributed by atoms with van der Waals surface area (Å²) in [6.45, 7) is 0.431. The molecule has 2 bridgehead atoms. The fourth-order valence-corrected chi connectivity index (χ4v) is 3.60. The minimum Gasteiger partial charge on any atom is -0.329 e. The van der Waals surface area contributed by atoms with Gasteiger partial charge in [0.1, 0.15) is 0 Å². The van der Waals surface area contributed by atoms with E-state index in [2.05, 4.69) is 0 Å². The van der Waals surface area contributed by atoms with Gasteiger partial charge in [0, 0.05) is 19.6 Å². The van der Waals surface area contributed by atoms with Gasteiger partial charge < -0.3 is 5.73 Å². The molecular weight excluding hydrogens is 229 g/mol. The van der Waals surface area contributed by atoms with E-state index in [-0.39, 0.29) is 0 Å². The van der Waals surface area contributed by atoms with Crippen molar-refractivity contribution in [1.82, 2.24) is 4.90 Å². The van der Waals surface area contributed by atoms with Gasteiger partial charge in [0.15, 0.2) is 0 Å². The maximum absolute atomic E-state index is 12.4. The molecule has 2 aliphatic rings. The van der Waals surface area contributed by atoms with Crippen molar-refractivity contribution in [3.8, 4) is 0 Å². The molecule has 0 saturated heterocycles. The van der Waals surface area contributed by atoms with Crippen LogP contribution in [-0.2, 0) is 0 Å². The smallest absolute Gasteiger partial charge is 0.329 e. The Morgan fingerprint density at radius 3 is 2.41 bits per heavy atom. The normalized spacial score (nSPS) is 32.6. The summed E-state index contributed by atoms with van der Waals surface area (Å²) >= 11 is 0. The fraction of sp³-hybridized carbons (Fsp3) is 1.00. The predicted octanol–water partition coefficient (Wildman–Crippen LogP) is 2.25. The molecule has 3 atom stereocenters. The summed E-state index contributed by atoms with van der Waals surface area (Å²) in [7, 11) is 0. The van der Waals surface area contributed by atoms with Crippen LogP contribution in [0.2, 0.25) is 0 Å². The Labute approximate surface area is 100 Å². The van der Waals surface area contributed by atoms with E-state index in [4.69, 9.17) is 5.73 Å². The Morgan fingerprint density at radius 2 is 1.94 bits per heavy atom. The average Bonchev–Trinajstić information content (AvgIpc) is 2.76. The number of nitrogens with zero attached hydrogens (tertiary/aromatic N) is 1. The first-order valence-corrected chi connectivity index (χ1v) is 6.47. The third kappa shape index (κ3) is 3.58. The van der Waals surface area contributed by atoms with Crippen LogP contribution in [0, 0.1) is 17.8 Å². The topological polar surface area (TPSA) is 29.3 Å². The van der Waals surface area contributed by atoms with Gasteiger partial charge >= 0.3 is 6.18 Å². The lowest BCUT2D eigenvalue weighted by molar-refractivity contribution is -0.147. The first-order chi connectivity index (χ1) is 7.98. The van der Waals surface area contributed by atoms with Gasteiger partial charge in [-0.25, -0.2) is 0 Å². The lowest BCUT2D eigenvalue weighted by Crippen LogP contribution is -2.41. The molecule has 0 aromatic rings. The molecule has 3 unspecified atom stereocenters. The fourth-order valence-electron chi connectivity index (χ4n) is 3.60. The number of nitrogens with two attached hydrogens (primary N) is 1. The maximum atomic E-state index is 12.4. The lowest BCUT2D eigenvalue weighted by atomic mass is 9.88. The van der Waals surface area contributed by atoms with Gasteiger partial charge in [0.2, 0.25) is 0 Å². The number of rotatable bonds is 5. The summed E-state index contributed by atoms with van der Waals surface area (Å²) in [5.74, 6) is 1.94. The van der Waals surface area contributed by atoms with Crippen molar-refractivity contribution < 1.29 is 13.2 Å². The molecule has 0 aromatic carbocycles. The van der Waals surface area contributed by atoms with E-state index in [1.165, 1.54) is 24.2 Å². The average molecular weight is 250 g/mol. The van der Waals surface area contributed by atoms with Crippen molar-refractivity contribution in [2.45, 2.75) is 31.9 Å². The molecule has 0 aromatic heterocycles. The molecule has 0 heterocycles. The number of fused-ring (bicyclic) bond motifs is 2. The lowest BCUT2D eigenvalue weighted by Gasteiger charge is -2.30. The number of alkyl halides is 3. The van der Waals surface area contributed by atoms with E-state index in [9.17, 15) is 13.2 Å². The summed E-state index contributed by atoms with van der Waals surface area (Å²) in [5, 5.41) is 0. The van der Waals surface area contributed by atoms with Crippen LogP contribution >= 0.6 is 0 Å². The molecule has 0 amide bonds. The molecule has 2 saturated carbocycles. The Bertz CT molecular complexity index is 255. The van der Waals surface area contributed by atoms with Crippen molar-refractivity contribution in [1.29, 1.82) is 0 Å². The van der Waals surface area contributed by atoms with Crippen LogP contribution in [0.25, 0.3) is 0 Å². The van der Waals surface area contributed by atoms with E-state index < -0.39 is 12.7 Å². The summed E-state index contributed by atoms with van der Waals surface area (Å²) < 4.78 is 37.2. The summed E-state index contributed by atoms with van der Waals surface area (Å²) in [6, 6.07) is 0. The highest BCUT2D eigenvalue weighted by molar-refractivity contribution is 4.91. The third-order valence-electron chi connectivity index (χ3n) is 4.23. The Kier molecular flexibility index (Phi) is 3.98. The molecule has 2 nitrogen and oxygen atoms in total. The van der Waals surface area contributed by atoms with E-state index in [0.717, 1.165) is 12.3 Å². The highest BCUT2D eigenvalue weighted by Gasteiger charge is 2.41. The molecule has 2 N–H and O–H groups in total. The van der Waals surface area contributed by atoms with Gasteiger partial charge in [-0.3, -0.25) is 4.90 Å². The van der Waals surface area contributed by atoms with Crippen molar-refractivity contribution in [3.63, 3.8) is 0 Å². The van der Waals surface area contributed by atoms with Gasteiger partial charge in [0.25, 0.3) is 0 Å². The zero-order chi connectivity index (χ0) is 12.5. The number of halogens is 3. The molecule has 0 radical (unpaired) electrons. The quantitative estimate of drug-likeness (QED) is 0.811. The van der Waals surface area contributed by atoms with E-state index in [1.807, 2.05) is 0 Å². The van der Waals surface area contributed by atoms with Gasteiger partial charge in [-0.15, -0.1) is 0 Å². The first-order valence-electron chi connectivity index (χ1n) is 6.47. The largest absolute Gasteiger partial charge is 0.401 e. The van der Waals surface area contributed by atoms with Gasteiger partial charge in [0.05, 0.1) is 6.54 Å². The molecule has 2 rings (SSSR count). The van der Waals surface area contributed by atoms with Crippen molar-refractivity contribution in [2.75, 3.05) is 26.2 Å². The molecule has 100 valence electrons. The zero-order valence-corrected chi connectivity index (χ0v) is 10.0. The first kappa shape index (κ1) is 13.1. The molecule has 0 aliphatic heterocycles. The minimum absolute atomic E-state index is 0.302. The molecule has 5 heteroatoms. The third-order valence-corrected chi connectivity index (χ3v) is 4.23. The monoisotopic (exact) mass is 250 g/mol. The Balaban J connectivity index is 1.85. The second kappa shape index (κ2) is 5.14. The Morgan fingerprint density at radius 1 is 1.18 bits per heavy atom. The molecule has 17 heavy (non-hydrogen) atoms. The molecule has 2 fully saturated rings. The summed E-state index contributed by atoms with van der Waals surface area (Å²) in [5.41, 5.74) is 5.39. The molecule has 0 spiro atoms. The number of hydrogen-bond acceptors (Lipinski definition) is 2. The van der Waals surface area contributed by atoms with Crippen molar-refractivity contribution in [3.05, 3.63) is 0 Å². The Hall–Kier alpha value is -0.290. The van der Waals surface area contributed by atoms with Gasteiger partial charge in [-0.05, 0) is 37.0 Å². The van der Waals surface area contributed by atoms with Crippen LogP contribution in [0.4, 0.5) is 13.2 Å². The second-order valence-electron chi connectivity index (χ2n) is 5.57. The van der Waals surface area contributed by atoms with E-state index in [1.54, 1.807) is 0 Å². The van der Waals surface area contributed by atoms with Crippen molar-refractivity contribution >= 4 is 0 Å². The van der Waals surface area contributed by atoms with Crippen LogP contribution in [0.3, 0.4) is 0 Å². The molecule has 2 aliphatic carbocycles. The van der Waals surface area contributed by atoms with Gasteiger partial charge in [-0.2, -0.15) is 13.2 Å². The maximum Gasteiger partial charge on any atom is 0.401 e. The zero-order valence-electron chi connectivity index (χ0n) is 10.0. The number of hydrogen-bond donors (Lipinski definition) is 1. The second-order valence-corrected chi connectivity index (χ2v) is 5.57. The SMILES string of the molecule is NCCN(CC1CC2CCC1C2)CC(F)(F)F. The van der Waals surface area contributed by atoms with Crippen LogP contribution in [0.15, 0.2) is 0 Å². The highest BCUT2D eigenvalue weighted by atomic mass is 19.4. The van der Waals surface area contributed by atoms with E-state index >= 15 is 0 Å². The summed E-state index contributed by atoms with van der Waals surface area (Å²) in [4.78, 5) is 1.49. The standard InChI is InChI=1S/C12H21F3N2/c13-12(14,15)8-17(4-3-16)7-11-6-9-1-2-10(11)5-9/h9-11H,1-8,16H2. The highest BCUT2D eigenvalue weighted by Crippen LogP contribution is 2.48. The minimum atomic E-state index is -4.10.